The van der Waals surface area contributed by atoms with Crippen LogP contribution in [0.4, 0.5) is 0 Å². The van der Waals surface area contributed by atoms with E-state index in [4.69, 9.17) is 9.52 Å². The highest BCUT2D eigenvalue weighted by molar-refractivity contribution is 5.49. The van der Waals surface area contributed by atoms with E-state index >= 15 is 0 Å². The summed E-state index contributed by atoms with van der Waals surface area (Å²) in [5.74, 6) is 0.616. The largest absolute Gasteiger partial charge is 0.463 e. The van der Waals surface area contributed by atoms with Crippen molar-refractivity contribution in [1.29, 1.82) is 0 Å². The first-order chi connectivity index (χ1) is 8.70. The summed E-state index contributed by atoms with van der Waals surface area (Å²) in [4.78, 5) is 8.26. The van der Waals surface area contributed by atoms with Crippen molar-refractivity contribution in [1.82, 2.24) is 9.97 Å². The van der Waals surface area contributed by atoms with E-state index in [1.54, 1.807) is 18.4 Å². The second-order valence-corrected chi connectivity index (χ2v) is 3.89. The van der Waals surface area contributed by atoms with Gasteiger partial charge in [-0.15, -0.1) is 0 Å². The number of furan rings is 1. The molecule has 0 fully saturated rings. The topological polar surface area (TPSA) is 99.6 Å². The summed E-state index contributed by atoms with van der Waals surface area (Å²) in [6.07, 6.45) is 2.49. The molecule has 2 heterocycles. The van der Waals surface area contributed by atoms with Crippen LogP contribution in [0.25, 0.3) is 11.5 Å². The summed E-state index contributed by atoms with van der Waals surface area (Å²) < 4.78 is 5.17. The van der Waals surface area contributed by atoms with E-state index in [1.807, 2.05) is 0 Å². The molecule has 0 aromatic carbocycles. The van der Waals surface area contributed by atoms with Gasteiger partial charge in [0.2, 0.25) is 0 Å². The molecule has 0 saturated carbocycles. The Labute approximate surface area is 104 Å². The average molecular weight is 250 g/mol. The standard InChI is InChI=1S/C12H14N2O4/c15-7-11(17)10(16)4-8-5-14-9(6-13-8)12-2-1-3-18-12/h1-3,5-6,10-11,15-17H,4,7H2/t10-,11-/m0/s1. The number of hydrogen-bond donors (Lipinski definition) is 3. The van der Waals surface area contributed by atoms with Gasteiger partial charge >= 0.3 is 0 Å². The Morgan fingerprint density at radius 2 is 2.00 bits per heavy atom. The number of rotatable bonds is 5. The monoisotopic (exact) mass is 250 g/mol. The lowest BCUT2D eigenvalue weighted by atomic mass is 10.1. The number of aliphatic hydroxyl groups is 3. The van der Waals surface area contributed by atoms with E-state index in [2.05, 4.69) is 9.97 Å². The third kappa shape index (κ3) is 2.92. The fraction of sp³-hybridized carbons (Fsp3) is 0.333. The number of aliphatic hydroxyl groups excluding tert-OH is 3. The maximum Gasteiger partial charge on any atom is 0.153 e. The zero-order chi connectivity index (χ0) is 13.0. The highest BCUT2D eigenvalue weighted by Crippen LogP contribution is 2.16. The Balaban J connectivity index is 2.04. The number of nitrogens with zero attached hydrogens (tertiary/aromatic N) is 2. The van der Waals surface area contributed by atoms with Gasteiger partial charge in [-0.3, -0.25) is 4.98 Å². The molecular weight excluding hydrogens is 236 g/mol. The fourth-order valence-electron chi connectivity index (χ4n) is 1.48. The van der Waals surface area contributed by atoms with Crippen molar-refractivity contribution >= 4 is 0 Å². The van der Waals surface area contributed by atoms with Gasteiger partial charge in [0, 0.05) is 12.6 Å². The van der Waals surface area contributed by atoms with Crippen molar-refractivity contribution < 1.29 is 19.7 Å². The summed E-state index contributed by atoms with van der Waals surface area (Å²) in [5.41, 5.74) is 1.13. The summed E-state index contributed by atoms with van der Waals surface area (Å²) in [5, 5.41) is 27.5. The van der Waals surface area contributed by atoms with Gasteiger partial charge < -0.3 is 19.7 Å². The molecule has 6 heteroatoms. The van der Waals surface area contributed by atoms with Crippen molar-refractivity contribution in [2.45, 2.75) is 18.6 Å². The molecule has 0 aliphatic heterocycles. The fourth-order valence-corrected chi connectivity index (χ4v) is 1.48. The Kier molecular flexibility index (Phi) is 4.03. The Hall–Kier alpha value is -1.76. The van der Waals surface area contributed by atoms with Gasteiger partial charge in [-0.25, -0.2) is 4.98 Å². The first-order valence-corrected chi connectivity index (χ1v) is 5.52. The zero-order valence-corrected chi connectivity index (χ0v) is 9.60. The zero-order valence-electron chi connectivity index (χ0n) is 9.60. The molecule has 0 aliphatic rings. The molecule has 0 amide bonds. The molecule has 2 atom stereocenters. The molecule has 6 nitrogen and oxygen atoms in total. The van der Waals surface area contributed by atoms with Gasteiger partial charge in [0.15, 0.2) is 5.76 Å². The van der Waals surface area contributed by atoms with Crippen LogP contribution in [0.1, 0.15) is 5.69 Å². The van der Waals surface area contributed by atoms with Crippen molar-refractivity contribution in [2.24, 2.45) is 0 Å². The van der Waals surface area contributed by atoms with Gasteiger partial charge in [-0.2, -0.15) is 0 Å². The highest BCUT2D eigenvalue weighted by Gasteiger charge is 2.16. The van der Waals surface area contributed by atoms with Crippen LogP contribution < -0.4 is 0 Å². The van der Waals surface area contributed by atoms with Gasteiger partial charge in [0.25, 0.3) is 0 Å². The van der Waals surface area contributed by atoms with Crippen LogP contribution in [0.15, 0.2) is 35.2 Å². The van der Waals surface area contributed by atoms with Crippen LogP contribution in [0.3, 0.4) is 0 Å². The lowest BCUT2D eigenvalue weighted by Crippen LogP contribution is -2.31. The maximum absolute atomic E-state index is 9.53. The Morgan fingerprint density at radius 3 is 2.56 bits per heavy atom. The molecule has 0 aliphatic carbocycles. The lowest BCUT2D eigenvalue weighted by Gasteiger charge is -2.14. The minimum atomic E-state index is -1.17. The molecule has 0 bridgehead atoms. The molecule has 96 valence electrons. The molecule has 0 spiro atoms. The maximum atomic E-state index is 9.53. The molecule has 18 heavy (non-hydrogen) atoms. The summed E-state index contributed by atoms with van der Waals surface area (Å²) in [6.45, 7) is -0.487. The molecular formula is C12H14N2O4. The molecule has 3 N–H and O–H groups in total. The van der Waals surface area contributed by atoms with Crippen molar-refractivity contribution in [3.63, 3.8) is 0 Å². The van der Waals surface area contributed by atoms with Crippen molar-refractivity contribution in [3.05, 3.63) is 36.5 Å². The van der Waals surface area contributed by atoms with E-state index in [-0.39, 0.29) is 6.42 Å². The molecule has 2 aromatic heterocycles. The highest BCUT2D eigenvalue weighted by atomic mass is 16.4. The van der Waals surface area contributed by atoms with Gasteiger partial charge in [0.05, 0.1) is 30.9 Å². The van der Waals surface area contributed by atoms with Crippen LogP contribution in [-0.4, -0.2) is 44.1 Å². The van der Waals surface area contributed by atoms with E-state index in [0.29, 0.717) is 17.1 Å². The van der Waals surface area contributed by atoms with Crippen molar-refractivity contribution in [3.8, 4) is 11.5 Å². The van der Waals surface area contributed by atoms with Gasteiger partial charge in [-0.1, -0.05) is 0 Å². The van der Waals surface area contributed by atoms with Crippen molar-refractivity contribution in [2.75, 3.05) is 6.61 Å². The quantitative estimate of drug-likeness (QED) is 0.690. The molecule has 0 saturated heterocycles. The third-order valence-corrected chi connectivity index (χ3v) is 2.53. The number of hydrogen-bond acceptors (Lipinski definition) is 6. The predicted molar refractivity (Wildman–Crippen MR) is 62.5 cm³/mol. The van der Waals surface area contributed by atoms with Crippen LogP contribution in [-0.2, 0) is 6.42 Å². The van der Waals surface area contributed by atoms with Crippen LogP contribution in [0.5, 0.6) is 0 Å². The second-order valence-electron chi connectivity index (χ2n) is 3.89. The van der Waals surface area contributed by atoms with E-state index in [0.717, 1.165) is 0 Å². The first-order valence-electron chi connectivity index (χ1n) is 5.52. The predicted octanol–water partition coefficient (Wildman–Crippen LogP) is -0.00680. The van der Waals surface area contributed by atoms with Gasteiger partial charge in [-0.05, 0) is 12.1 Å². The van der Waals surface area contributed by atoms with Gasteiger partial charge in [0.1, 0.15) is 11.8 Å². The second kappa shape index (κ2) is 5.72. The van der Waals surface area contributed by atoms with E-state index in [9.17, 15) is 10.2 Å². The third-order valence-electron chi connectivity index (χ3n) is 2.53. The molecule has 2 rings (SSSR count). The Bertz CT molecular complexity index is 469. The van der Waals surface area contributed by atoms with Crippen LogP contribution >= 0.6 is 0 Å². The molecule has 0 unspecified atom stereocenters. The summed E-state index contributed by atoms with van der Waals surface area (Å²) in [6, 6.07) is 3.53. The number of aromatic nitrogens is 2. The lowest BCUT2D eigenvalue weighted by molar-refractivity contribution is -0.0137. The molecule has 2 aromatic rings. The minimum Gasteiger partial charge on any atom is -0.463 e. The molecule has 0 radical (unpaired) electrons. The van der Waals surface area contributed by atoms with Crippen LogP contribution in [0.2, 0.25) is 0 Å². The first kappa shape index (κ1) is 12.7. The van der Waals surface area contributed by atoms with E-state index in [1.165, 1.54) is 12.4 Å². The summed E-state index contributed by atoms with van der Waals surface area (Å²) in [7, 11) is 0. The Morgan fingerprint density at radius 1 is 1.17 bits per heavy atom. The van der Waals surface area contributed by atoms with E-state index < -0.39 is 18.8 Å². The minimum absolute atomic E-state index is 0.132. The SMILES string of the molecule is OC[C@H](O)[C@@H](O)Cc1cnc(-c2ccco2)cn1. The summed E-state index contributed by atoms with van der Waals surface area (Å²) >= 11 is 0. The average Bonchev–Trinajstić information content (AvgIpc) is 2.92. The van der Waals surface area contributed by atoms with Crippen LogP contribution in [0, 0.1) is 0 Å². The normalized spacial score (nSPS) is 14.4. The smallest absolute Gasteiger partial charge is 0.153 e.